The van der Waals surface area contributed by atoms with E-state index in [1.54, 1.807) is 0 Å². The highest BCUT2D eigenvalue weighted by Gasteiger charge is 2.43. The second-order valence-corrected chi connectivity index (χ2v) is 6.15. The van der Waals surface area contributed by atoms with Gasteiger partial charge in [-0.15, -0.1) is 0 Å². The number of likely N-dealkylation sites (tertiary alicyclic amines) is 1. The van der Waals surface area contributed by atoms with Gasteiger partial charge in [-0.3, -0.25) is 4.79 Å². The predicted molar refractivity (Wildman–Crippen MR) is 68.2 cm³/mol. The topological polar surface area (TPSA) is 20.3 Å². The van der Waals surface area contributed by atoms with E-state index in [0.717, 1.165) is 19.4 Å². The molecule has 2 heteroatoms. The fourth-order valence-electron chi connectivity index (χ4n) is 3.12. The van der Waals surface area contributed by atoms with Crippen LogP contribution in [-0.4, -0.2) is 23.4 Å². The Morgan fingerprint density at radius 3 is 1.88 bits per heavy atom. The Bertz CT molecular complexity index is 247. The smallest absolute Gasteiger partial charge is 0.223 e. The Morgan fingerprint density at radius 2 is 1.56 bits per heavy atom. The maximum absolute atomic E-state index is 12.2. The first-order valence-corrected chi connectivity index (χ1v) is 6.60. The van der Waals surface area contributed by atoms with Crippen molar-refractivity contribution in [1.29, 1.82) is 0 Å². The molecule has 0 aromatic heterocycles. The Kier molecular flexibility index (Phi) is 4.03. The van der Waals surface area contributed by atoms with Gasteiger partial charge in [0.2, 0.25) is 5.91 Å². The molecule has 1 heterocycles. The van der Waals surface area contributed by atoms with Gasteiger partial charge in [0.1, 0.15) is 0 Å². The highest BCUT2D eigenvalue weighted by molar-refractivity contribution is 5.78. The zero-order valence-electron chi connectivity index (χ0n) is 11.7. The lowest BCUT2D eigenvalue weighted by molar-refractivity contribution is -0.144. The normalized spacial score (nSPS) is 21.3. The van der Waals surface area contributed by atoms with Crippen LogP contribution in [0.2, 0.25) is 0 Å². The standard InChI is InChI=1S/C14H27NO/c1-10(2)14(11(3)4)7-8-15(12(5)6)13(16)9-14/h10-12H,7-9H2,1-6H3. The van der Waals surface area contributed by atoms with E-state index in [1.807, 2.05) is 4.90 Å². The highest BCUT2D eigenvalue weighted by Crippen LogP contribution is 2.45. The number of rotatable bonds is 3. The molecule has 0 aliphatic carbocycles. The van der Waals surface area contributed by atoms with Crippen LogP contribution >= 0.6 is 0 Å². The summed E-state index contributed by atoms with van der Waals surface area (Å²) in [6.07, 6.45) is 1.90. The van der Waals surface area contributed by atoms with Gasteiger partial charge in [0.25, 0.3) is 0 Å². The monoisotopic (exact) mass is 225 g/mol. The van der Waals surface area contributed by atoms with Crippen LogP contribution in [0.5, 0.6) is 0 Å². The second-order valence-electron chi connectivity index (χ2n) is 6.15. The van der Waals surface area contributed by atoms with Crippen LogP contribution in [0.15, 0.2) is 0 Å². The molecule has 0 saturated carbocycles. The maximum Gasteiger partial charge on any atom is 0.223 e. The zero-order valence-corrected chi connectivity index (χ0v) is 11.7. The molecule has 0 unspecified atom stereocenters. The van der Waals surface area contributed by atoms with Crippen molar-refractivity contribution >= 4 is 5.91 Å². The first kappa shape index (κ1) is 13.5. The second kappa shape index (κ2) is 4.77. The Hall–Kier alpha value is -0.530. The molecule has 16 heavy (non-hydrogen) atoms. The molecule has 0 atom stereocenters. The fraction of sp³-hybridized carbons (Fsp3) is 0.929. The van der Waals surface area contributed by atoms with Crippen LogP contribution in [0.25, 0.3) is 0 Å². The Morgan fingerprint density at radius 1 is 1.06 bits per heavy atom. The summed E-state index contributed by atoms with van der Waals surface area (Å²) in [7, 11) is 0. The van der Waals surface area contributed by atoms with Crippen molar-refractivity contribution in [3.63, 3.8) is 0 Å². The third-order valence-corrected chi connectivity index (χ3v) is 4.54. The average molecular weight is 225 g/mol. The van der Waals surface area contributed by atoms with E-state index in [-0.39, 0.29) is 5.41 Å². The molecule has 94 valence electrons. The molecule has 0 aromatic rings. The first-order chi connectivity index (χ1) is 7.31. The minimum absolute atomic E-state index is 0.225. The van der Waals surface area contributed by atoms with Gasteiger partial charge in [-0.25, -0.2) is 0 Å². The third kappa shape index (κ3) is 2.26. The van der Waals surface area contributed by atoms with E-state index < -0.39 is 0 Å². The molecule has 1 rings (SSSR count). The van der Waals surface area contributed by atoms with Gasteiger partial charge in [-0.2, -0.15) is 0 Å². The van der Waals surface area contributed by atoms with E-state index in [1.165, 1.54) is 0 Å². The molecule has 0 aromatic carbocycles. The number of nitrogens with zero attached hydrogens (tertiary/aromatic N) is 1. The van der Waals surface area contributed by atoms with Gasteiger partial charge in [0, 0.05) is 19.0 Å². The summed E-state index contributed by atoms with van der Waals surface area (Å²) in [6, 6.07) is 0.352. The molecule has 1 fully saturated rings. The van der Waals surface area contributed by atoms with Crippen molar-refractivity contribution in [2.24, 2.45) is 17.3 Å². The van der Waals surface area contributed by atoms with E-state index in [0.29, 0.717) is 23.8 Å². The molecule has 0 N–H and O–H groups in total. The van der Waals surface area contributed by atoms with Crippen molar-refractivity contribution in [2.75, 3.05) is 6.54 Å². The number of amides is 1. The predicted octanol–water partition coefficient (Wildman–Crippen LogP) is 3.32. The lowest BCUT2D eigenvalue weighted by Crippen LogP contribution is -2.50. The molecule has 0 bridgehead atoms. The van der Waals surface area contributed by atoms with Gasteiger partial charge >= 0.3 is 0 Å². The van der Waals surface area contributed by atoms with Crippen LogP contribution in [-0.2, 0) is 4.79 Å². The number of hydrogen-bond donors (Lipinski definition) is 0. The molecule has 0 spiro atoms. The Balaban J connectivity index is 2.85. The number of carbonyl (C=O) groups is 1. The quantitative estimate of drug-likeness (QED) is 0.721. The molecule has 1 saturated heterocycles. The van der Waals surface area contributed by atoms with Crippen LogP contribution in [0.4, 0.5) is 0 Å². The number of piperidine rings is 1. The zero-order chi connectivity index (χ0) is 12.5. The minimum Gasteiger partial charge on any atom is -0.340 e. The lowest BCUT2D eigenvalue weighted by atomic mass is 9.63. The van der Waals surface area contributed by atoms with Crippen molar-refractivity contribution < 1.29 is 4.79 Å². The summed E-state index contributed by atoms with van der Waals surface area (Å²) in [5.41, 5.74) is 0.225. The van der Waals surface area contributed by atoms with Gasteiger partial charge < -0.3 is 4.90 Å². The Labute approximate surface area is 100 Å². The van der Waals surface area contributed by atoms with Crippen molar-refractivity contribution in [1.82, 2.24) is 4.90 Å². The van der Waals surface area contributed by atoms with Crippen molar-refractivity contribution in [3.05, 3.63) is 0 Å². The summed E-state index contributed by atoms with van der Waals surface area (Å²) in [5, 5.41) is 0. The number of carbonyl (C=O) groups excluding carboxylic acids is 1. The number of hydrogen-bond acceptors (Lipinski definition) is 1. The van der Waals surface area contributed by atoms with Crippen LogP contribution in [0, 0.1) is 17.3 Å². The molecule has 1 aliphatic heterocycles. The van der Waals surface area contributed by atoms with Gasteiger partial charge in [0.15, 0.2) is 0 Å². The maximum atomic E-state index is 12.2. The summed E-state index contributed by atoms with van der Waals surface area (Å²) in [6.45, 7) is 14.2. The van der Waals surface area contributed by atoms with Crippen molar-refractivity contribution in [2.45, 2.75) is 60.4 Å². The highest BCUT2D eigenvalue weighted by atomic mass is 16.2. The summed E-state index contributed by atoms with van der Waals surface area (Å²) < 4.78 is 0. The molecule has 1 aliphatic rings. The molecular weight excluding hydrogens is 198 g/mol. The molecule has 0 radical (unpaired) electrons. The van der Waals surface area contributed by atoms with E-state index in [9.17, 15) is 4.79 Å². The van der Waals surface area contributed by atoms with Gasteiger partial charge in [-0.1, -0.05) is 27.7 Å². The van der Waals surface area contributed by atoms with Crippen LogP contribution < -0.4 is 0 Å². The van der Waals surface area contributed by atoms with Crippen molar-refractivity contribution in [3.8, 4) is 0 Å². The molecule has 2 nitrogen and oxygen atoms in total. The van der Waals surface area contributed by atoms with Crippen LogP contribution in [0.1, 0.15) is 54.4 Å². The summed E-state index contributed by atoms with van der Waals surface area (Å²) in [4.78, 5) is 14.2. The van der Waals surface area contributed by atoms with E-state index in [2.05, 4.69) is 41.5 Å². The summed E-state index contributed by atoms with van der Waals surface area (Å²) in [5.74, 6) is 1.53. The van der Waals surface area contributed by atoms with Gasteiger partial charge in [-0.05, 0) is 37.5 Å². The average Bonchev–Trinajstić information content (AvgIpc) is 2.15. The molecular formula is C14H27NO. The SMILES string of the molecule is CC(C)N1CCC(C(C)C)(C(C)C)CC1=O. The minimum atomic E-state index is 0.225. The first-order valence-electron chi connectivity index (χ1n) is 6.60. The lowest BCUT2D eigenvalue weighted by Gasteiger charge is -2.48. The molecule has 1 amide bonds. The third-order valence-electron chi connectivity index (χ3n) is 4.54. The van der Waals surface area contributed by atoms with Crippen LogP contribution in [0.3, 0.4) is 0 Å². The largest absolute Gasteiger partial charge is 0.340 e. The fourth-order valence-corrected chi connectivity index (χ4v) is 3.12. The van der Waals surface area contributed by atoms with Gasteiger partial charge in [0.05, 0.1) is 0 Å². The van der Waals surface area contributed by atoms with E-state index >= 15 is 0 Å². The van der Waals surface area contributed by atoms with E-state index in [4.69, 9.17) is 0 Å². The summed E-state index contributed by atoms with van der Waals surface area (Å²) >= 11 is 0.